The Balaban J connectivity index is 1.46. The normalized spacial score (nSPS) is 16.7. The number of rotatable bonds is 6. The SMILES string of the molecule is CC(C)n1ncc2c(C(=O)N(C)Cc3ccccc3N3CCOCC3)cc(C3CC3)nc21. The van der Waals surface area contributed by atoms with Crippen molar-refractivity contribution in [2.24, 2.45) is 0 Å². The highest BCUT2D eigenvalue weighted by atomic mass is 16.5. The summed E-state index contributed by atoms with van der Waals surface area (Å²) < 4.78 is 7.44. The van der Waals surface area contributed by atoms with E-state index >= 15 is 0 Å². The van der Waals surface area contributed by atoms with E-state index in [4.69, 9.17) is 9.72 Å². The Morgan fingerprint density at radius 1 is 1.22 bits per heavy atom. The highest BCUT2D eigenvalue weighted by Gasteiger charge is 2.29. The van der Waals surface area contributed by atoms with Crippen LogP contribution in [0.4, 0.5) is 5.69 Å². The standard InChI is InChI=1S/C25H31N5O2/c1-17(2)30-24-21(15-26-30)20(14-22(27-24)18-8-9-18)25(31)28(3)16-19-6-4-5-7-23(19)29-10-12-32-13-11-29/h4-7,14-15,17-18H,8-13,16H2,1-3H3. The van der Waals surface area contributed by atoms with Crippen molar-refractivity contribution >= 4 is 22.6 Å². The predicted molar refractivity (Wildman–Crippen MR) is 125 cm³/mol. The molecule has 1 saturated heterocycles. The lowest BCUT2D eigenvalue weighted by Crippen LogP contribution is -2.37. The first-order valence-electron chi connectivity index (χ1n) is 11.6. The molecule has 1 aliphatic carbocycles. The Labute approximate surface area is 189 Å². The lowest BCUT2D eigenvalue weighted by atomic mass is 10.1. The fraction of sp³-hybridized carbons (Fsp3) is 0.480. The number of aromatic nitrogens is 3. The van der Waals surface area contributed by atoms with Gasteiger partial charge in [0.05, 0.1) is 30.4 Å². The molecule has 168 valence electrons. The van der Waals surface area contributed by atoms with Crippen LogP contribution in [-0.2, 0) is 11.3 Å². The van der Waals surface area contributed by atoms with Gasteiger partial charge < -0.3 is 14.5 Å². The first-order valence-corrected chi connectivity index (χ1v) is 11.6. The van der Waals surface area contributed by atoms with Crippen LogP contribution in [0.5, 0.6) is 0 Å². The summed E-state index contributed by atoms with van der Waals surface area (Å²) in [7, 11) is 1.88. The van der Waals surface area contributed by atoms with Crippen molar-refractivity contribution in [1.82, 2.24) is 19.7 Å². The van der Waals surface area contributed by atoms with Gasteiger partial charge in [-0.2, -0.15) is 5.10 Å². The van der Waals surface area contributed by atoms with Crippen LogP contribution in [0.1, 0.15) is 60.3 Å². The summed E-state index contributed by atoms with van der Waals surface area (Å²) in [4.78, 5) is 22.7. The molecule has 3 heterocycles. The summed E-state index contributed by atoms with van der Waals surface area (Å²) in [6, 6.07) is 10.5. The lowest BCUT2D eigenvalue weighted by Gasteiger charge is -2.31. The minimum absolute atomic E-state index is 0.0133. The van der Waals surface area contributed by atoms with Crippen LogP contribution in [0.3, 0.4) is 0 Å². The van der Waals surface area contributed by atoms with E-state index in [1.165, 1.54) is 5.69 Å². The summed E-state index contributed by atoms with van der Waals surface area (Å²) in [6.45, 7) is 7.96. The molecule has 2 aromatic heterocycles. The number of anilines is 1. The molecule has 0 unspecified atom stereocenters. The molecule has 7 heteroatoms. The molecule has 1 saturated carbocycles. The minimum Gasteiger partial charge on any atom is -0.378 e. The zero-order valence-electron chi connectivity index (χ0n) is 19.1. The highest BCUT2D eigenvalue weighted by Crippen LogP contribution is 2.40. The number of ether oxygens (including phenoxy) is 1. The van der Waals surface area contributed by atoms with Gasteiger partial charge in [0.15, 0.2) is 5.65 Å². The van der Waals surface area contributed by atoms with Gasteiger partial charge in [-0.25, -0.2) is 9.67 Å². The number of nitrogens with zero attached hydrogens (tertiary/aromatic N) is 5. The summed E-state index contributed by atoms with van der Waals surface area (Å²) in [5, 5.41) is 5.38. The number of para-hydroxylation sites is 1. The summed E-state index contributed by atoms with van der Waals surface area (Å²) in [6.07, 6.45) is 4.08. The molecular formula is C25H31N5O2. The maximum atomic E-state index is 13.7. The average Bonchev–Trinajstić information content (AvgIpc) is 3.57. The third-order valence-electron chi connectivity index (χ3n) is 6.40. The van der Waals surface area contributed by atoms with E-state index in [0.717, 1.165) is 61.4 Å². The molecule has 32 heavy (non-hydrogen) atoms. The van der Waals surface area contributed by atoms with Crippen molar-refractivity contribution in [2.45, 2.75) is 45.2 Å². The van der Waals surface area contributed by atoms with Crippen LogP contribution >= 0.6 is 0 Å². The van der Waals surface area contributed by atoms with Crippen molar-refractivity contribution in [3.63, 3.8) is 0 Å². The number of pyridine rings is 1. The number of amides is 1. The summed E-state index contributed by atoms with van der Waals surface area (Å²) >= 11 is 0. The van der Waals surface area contributed by atoms with Gasteiger partial charge in [-0.05, 0) is 44.4 Å². The van der Waals surface area contributed by atoms with Gasteiger partial charge in [0.25, 0.3) is 5.91 Å². The fourth-order valence-electron chi connectivity index (χ4n) is 4.47. The van der Waals surface area contributed by atoms with Crippen LogP contribution < -0.4 is 4.90 Å². The van der Waals surface area contributed by atoms with Gasteiger partial charge in [-0.3, -0.25) is 4.79 Å². The Hall–Kier alpha value is -2.93. The Kier molecular flexibility index (Phi) is 5.59. The van der Waals surface area contributed by atoms with Crippen molar-refractivity contribution in [2.75, 3.05) is 38.3 Å². The largest absolute Gasteiger partial charge is 0.378 e. The lowest BCUT2D eigenvalue weighted by molar-refractivity contribution is 0.0786. The van der Waals surface area contributed by atoms with Crippen LogP contribution in [0.15, 0.2) is 36.5 Å². The fourth-order valence-corrected chi connectivity index (χ4v) is 4.47. The van der Waals surface area contributed by atoms with Crippen LogP contribution in [0.25, 0.3) is 11.0 Å². The molecular weight excluding hydrogens is 402 g/mol. The number of hydrogen-bond donors (Lipinski definition) is 0. The molecule has 2 fully saturated rings. The first-order chi connectivity index (χ1) is 15.5. The van der Waals surface area contributed by atoms with Crippen LogP contribution in [0, 0.1) is 0 Å². The quantitative estimate of drug-likeness (QED) is 0.588. The van der Waals surface area contributed by atoms with E-state index in [9.17, 15) is 4.79 Å². The van der Waals surface area contributed by atoms with Crippen molar-refractivity contribution in [3.05, 3.63) is 53.3 Å². The maximum absolute atomic E-state index is 13.7. The Morgan fingerprint density at radius 2 is 1.97 bits per heavy atom. The van der Waals surface area contributed by atoms with Crippen molar-refractivity contribution in [3.8, 4) is 0 Å². The van der Waals surface area contributed by atoms with Gasteiger partial charge in [0.1, 0.15) is 0 Å². The van der Waals surface area contributed by atoms with Crippen molar-refractivity contribution < 1.29 is 9.53 Å². The smallest absolute Gasteiger partial charge is 0.254 e. The van der Waals surface area contributed by atoms with E-state index in [1.807, 2.05) is 28.8 Å². The summed E-state index contributed by atoms with van der Waals surface area (Å²) in [5.41, 5.74) is 4.87. The van der Waals surface area contributed by atoms with E-state index < -0.39 is 0 Å². The van der Waals surface area contributed by atoms with Gasteiger partial charge in [-0.1, -0.05) is 18.2 Å². The number of morpholine rings is 1. The van der Waals surface area contributed by atoms with E-state index in [-0.39, 0.29) is 11.9 Å². The zero-order chi connectivity index (χ0) is 22.2. The first kappa shape index (κ1) is 20.9. The van der Waals surface area contributed by atoms with Gasteiger partial charge in [0, 0.05) is 50.0 Å². The molecule has 1 aromatic carbocycles. The summed E-state index contributed by atoms with van der Waals surface area (Å²) in [5.74, 6) is 0.480. The van der Waals surface area contributed by atoms with Gasteiger partial charge in [0.2, 0.25) is 0 Å². The number of benzene rings is 1. The number of carbonyl (C=O) groups excluding carboxylic acids is 1. The van der Waals surface area contributed by atoms with Crippen LogP contribution in [0.2, 0.25) is 0 Å². The highest BCUT2D eigenvalue weighted by molar-refractivity contribution is 6.05. The third kappa shape index (κ3) is 3.97. The minimum atomic E-state index is 0.0133. The molecule has 0 N–H and O–H groups in total. The monoisotopic (exact) mass is 433 g/mol. The van der Waals surface area contributed by atoms with Crippen molar-refractivity contribution in [1.29, 1.82) is 0 Å². The number of fused-ring (bicyclic) bond motifs is 1. The molecule has 7 nitrogen and oxygen atoms in total. The number of carbonyl (C=O) groups is 1. The second-order valence-corrected chi connectivity index (χ2v) is 9.18. The topological polar surface area (TPSA) is 63.5 Å². The van der Waals surface area contributed by atoms with Gasteiger partial charge in [-0.15, -0.1) is 0 Å². The van der Waals surface area contributed by atoms with E-state index in [0.29, 0.717) is 18.0 Å². The van der Waals surface area contributed by atoms with Crippen LogP contribution in [-0.4, -0.2) is 58.9 Å². The molecule has 0 radical (unpaired) electrons. The molecule has 1 aliphatic heterocycles. The average molecular weight is 434 g/mol. The molecule has 5 rings (SSSR count). The Morgan fingerprint density at radius 3 is 2.69 bits per heavy atom. The maximum Gasteiger partial charge on any atom is 0.254 e. The second-order valence-electron chi connectivity index (χ2n) is 9.18. The predicted octanol–water partition coefficient (Wildman–Crippen LogP) is 4.00. The molecule has 0 bridgehead atoms. The molecule has 3 aromatic rings. The second kappa shape index (κ2) is 8.54. The van der Waals surface area contributed by atoms with Gasteiger partial charge >= 0.3 is 0 Å². The Bertz CT molecular complexity index is 1130. The molecule has 2 aliphatic rings. The zero-order valence-corrected chi connectivity index (χ0v) is 19.1. The van der Waals surface area contributed by atoms with E-state index in [1.54, 1.807) is 6.20 Å². The third-order valence-corrected chi connectivity index (χ3v) is 6.40. The molecule has 0 spiro atoms. The molecule has 0 atom stereocenters. The molecule has 1 amide bonds. The van der Waals surface area contributed by atoms with E-state index in [2.05, 4.69) is 42.0 Å². The number of hydrogen-bond acceptors (Lipinski definition) is 5.